The zero-order chi connectivity index (χ0) is 31.0. The summed E-state index contributed by atoms with van der Waals surface area (Å²) in [6.07, 6.45) is -6.15. The van der Waals surface area contributed by atoms with Crippen LogP contribution in [0.2, 0.25) is 0 Å². The van der Waals surface area contributed by atoms with Crippen LogP contribution in [0, 0.1) is 13.8 Å². The number of hydrogen-bond acceptors (Lipinski definition) is 13. The monoisotopic (exact) mass is 604 g/mol. The van der Waals surface area contributed by atoms with E-state index in [9.17, 15) is 19.2 Å². The zero-order valence-corrected chi connectivity index (χ0v) is 25.5. The Kier molecular flexibility index (Phi) is 11.7. The number of aryl methyl sites for hydroxylation is 2. The number of thioether (sulfide) groups is 1. The van der Waals surface area contributed by atoms with E-state index in [1.54, 1.807) is 18.7 Å². The molecule has 1 fully saturated rings. The zero-order valence-electron chi connectivity index (χ0n) is 24.7. The highest BCUT2D eigenvalue weighted by molar-refractivity contribution is 7.99. The number of carbonyl (C=O) groups excluding carboxylic acids is 4. The fourth-order valence-corrected chi connectivity index (χ4v) is 5.14. The number of ether oxygens (including phenoxy) is 6. The molecule has 1 aliphatic rings. The normalized spacial score (nSPS) is 21.6. The Bertz CT molecular complexity index is 1290. The third-order valence-corrected chi connectivity index (χ3v) is 6.97. The highest BCUT2D eigenvalue weighted by Crippen LogP contribution is 2.33. The van der Waals surface area contributed by atoms with Gasteiger partial charge in [0.2, 0.25) is 18.3 Å². The van der Waals surface area contributed by atoms with Crippen molar-refractivity contribution < 1.29 is 47.6 Å². The van der Waals surface area contributed by atoms with E-state index >= 15 is 0 Å². The lowest BCUT2D eigenvalue weighted by atomic mass is 9.98. The van der Waals surface area contributed by atoms with Gasteiger partial charge in [-0.25, -0.2) is 4.98 Å². The van der Waals surface area contributed by atoms with Crippen molar-refractivity contribution in [2.24, 2.45) is 0 Å². The highest BCUT2D eigenvalue weighted by atomic mass is 32.2. The minimum atomic E-state index is -1.40. The molecule has 0 aliphatic carbocycles. The number of hydrogen-bond donors (Lipinski definition) is 0. The van der Waals surface area contributed by atoms with Crippen molar-refractivity contribution in [3.63, 3.8) is 0 Å². The van der Waals surface area contributed by atoms with Crippen molar-refractivity contribution in [1.82, 2.24) is 9.97 Å². The Morgan fingerprint density at radius 1 is 0.833 bits per heavy atom. The average Bonchev–Trinajstić information content (AvgIpc) is 2.88. The van der Waals surface area contributed by atoms with Crippen LogP contribution >= 0.6 is 11.8 Å². The topological polar surface area (TPSA) is 149 Å². The Morgan fingerprint density at radius 3 is 2.00 bits per heavy atom. The summed E-state index contributed by atoms with van der Waals surface area (Å²) in [6.45, 7) is 9.93. The van der Waals surface area contributed by atoms with Crippen LogP contribution < -0.4 is 4.74 Å². The Hall–Kier alpha value is -3.71. The van der Waals surface area contributed by atoms with Gasteiger partial charge in [0.1, 0.15) is 18.5 Å². The van der Waals surface area contributed by atoms with Crippen LogP contribution in [0.5, 0.6) is 5.88 Å². The average molecular weight is 605 g/mol. The van der Waals surface area contributed by atoms with Gasteiger partial charge in [0.25, 0.3) is 0 Å². The molecule has 0 bridgehead atoms. The second-order valence-electron chi connectivity index (χ2n) is 9.58. The molecular weight excluding hydrogens is 568 g/mol. The molecule has 0 N–H and O–H groups in total. The van der Waals surface area contributed by atoms with E-state index in [-0.39, 0.29) is 12.5 Å². The summed E-state index contributed by atoms with van der Waals surface area (Å²) in [4.78, 5) is 58.1. The maximum Gasteiger partial charge on any atom is 0.303 e. The second kappa shape index (κ2) is 15.0. The molecule has 3 rings (SSSR count). The first-order valence-electron chi connectivity index (χ1n) is 13.4. The number of nitrogens with zero attached hydrogens (tertiary/aromatic N) is 2. The molecule has 1 saturated heterocycles. The molecule has 13 heteroatoms. The first-order valence-corrected chi connectivity index (χ1v) is 14.4. The van der Waals surface area contributed by atoms with E-state index in [1.165, 1.54) is 13.8 Å². The van der Waals surface area contributed by atoms with Crippen LogP contribution in [0.25, 0.3) is 0 Å². The molecule has 1 aliphatic heterocycles. The van der Waals surface area contributed by atoms with E-state index < -0.39 is 54.6 Å². The number of rotatable bonds is 11. The summed E-state index contributed by atoms with van der Waals surface area (Å²) >= 11 is 1.73. The predicted octanol–water partition coefficient (Wildman–Crippen LogP) is 3.26. The number of aromatic nitrogens is 2. The van der Waals surface area contributed by atoms with Gasteiger partial charge in [0.05, 0.1) is 0 Å². The van der Waals surface area contributed by atoms with Crippen molar-refractivity contribution in [1.29, 1.82) is 0 Å². The van der Waals surface area contributed by atoms with Crippen LogP contribution in [0.4, 0.5) is 0 Å². The van der Waals surface area contributed by atoms with Crippen molar-refractivity contribution in [2.45, 2.75) is 90.5 Å². The first-order chi connectivity index (χ1) is 19.9. The van der Waals surface area contributed by atoms with Crippen molar-refractivity contribution >= 4 is 35.6 Å². The van der Waals surface area contributed by atoms with E-state index in [4.69, 9.17) is 28.4 Å². The van der Waals surface area contributed by atoms with Gasteiger partial charge in [0.15, 0.2) is 12.2 Å². The molecule has 1 aromatic heterocycles. The molecule has 2 aromatic rings. The summed E-state index contributed by atoms with van der Waals surface area (Å²) in [5, 5.41) is 0. The second-order valence-corrected chi connectivity index (χ2v) is 10.9. The smallest absolute Gasteiger partial charge is 0.303 e. The molecule has 0 saturated carbocycles. The first kappa shape index (κ1) is 32.8. The molecule has 5 atom stereocenters. The molecular formula is C29H36N2O10S. The number of esters is 4. The molecule has 42 heavy (non-hydrogen) atoms. The quantitative estimate of drug-likeness (QED) is 0.210. The van der Waals surface area contributed by atoms with E-state index in [0.29, 0.717) is 23.5 Å². The summed E-state index contributed by atoms with van der Waals surface area (Å²) < 4.78 is 34.0. The van der Waals surface area contributed by atoms with Crippen molar-refractivity contribution in [2.75, 3.05) is 12.4 Å². The van der Waals surface area contributed by atoms with Gasteiger partial charge in [-0.1, -0.05) is 19.1 Å². The van der Waals surface area contributed by atoms with E-state index in [1.807, 2.05) is 31.2 Å². The molecule has 0 spiro atoms. The Balaban J connectivity index is 2.04. The van der Waals surface area contributed by atoms with Crippen LogP contribution in [-0.4, -0.2) is 76.9 Å². The summed E-state index contributed by atoms with van der Waals surface area (Å²) in [5.74, 6) is -1.26. The standard InChI is InChI=1S/C29H36N2O10S/c1-8-42-22-11-9-21(10-12-22)13-23-15(2)30-16(3)31-28(23)41-29-27(39-20(7)35)26(38-19(6)34)25(37-18(5)33)24(40-29)14-36-17(4)32/h9-12,24-27,29H,8,13-14H2,1-7H3/t24-,25-,26+,27-,29+/m1/s1. The molecule has 228 valence electrons. The van der Waals surface area contributed by atoms with E-state index in [2.05, 4.69) is 16.9 Å². The van der Waals surface area contributed by atoms with Gasteiger partial charge < -0.3 is 28.4 Å². The summed E-state index contributed by atoms with van der Waals surface area (Å²) in [5.41, 5.74) is 2.30. The molecule has 0 radical (unpaired) electrons. The minimum Gasteiger partial charge on any atom is -0.463 e. The molecule has 12 nitrogen and oxygen atoms in total. The van der Waals surface area contributed by atoms with Crippen LogP contribution in [-0.2, 0) is 49.3 Å². The lowest BCUT2D eigenvalue weighted by Gasteiger charge is -2.43. The van der Waals surface area contributed by atoms with E-state index in [0.717, 1.165) is 30.1 Å². The molecule has 0 unspecified atom stereocenters. The van der Waals surface area contributed by atoms with Gasteiger partial charge >= 0.3 is 23.9 Å². The van der Waals surface area contributed by atoms with Gasteiger partial charge in [-0.05, 0) is 37.3 Å². The number of carbonyl (C=O) groups is 4. The molecule has 2 heterocycles. The lowest BCUT2D eigenvalue weighted by molar-refractivity contribution is -0.289. The lowest BCUT2D eigenvalue weighted by Crippen LogP contribution is -2.63. The maximum absolute atomic E-state index is 12.2. The van der Waals surface area contributed by atoms with Crippen molar-refractivity contribution in [3.05, 3.63) is 46.9 Å². The predicted molar refractivity (Wildman–Crippen MR) is 150 cm³/mol. The van der Waals surface area contributed by atoms with Gasteiger partial charge in [-0.15, -0.1) is 11.8 Å². The largest absolute Gasteiger partial charge is 0.463 e. The maximum atomic E-state index is 12.2. The molecule has 0 amide bonds. The number of benzene rings is 1. The Morgan fingerprint density at radius 2 is 1.43 bits per heavy atom. The SMILES string of the molecule is CCSc1ccc(Cc2c(C)nc(C)nc2O[C@@H]2O[C@H](COC(C)=O)[C@@H](OC(C)=O)[C@H](OC(C)=O)[C@H]2OC(C)=O)cc1. The van der Waals surface area contributed by atoms with Crippen molar-refractivity contribution in [3.8, 4) is 5.88 Å². The van der Waals surface area contributed by atoms with Gasteiger partial charge in [-0.2, -0.15) is 4.98 Å². The van der Waals surface area contributed by atoms with Gasteiger partial charge in [0, 0.05) is 50.3 Å². The van der Waals surface area contributed by atoms with Crippen LogP contribution in [0.3, 0.4) is 0 Å². The minimum absolute atomic E-state index is 0.160. The third kappa shape index (κ3) is 9.15. The summed E-state index contributed by atoms with van der Waals surface area (Å²) in [6, 6.07) is 8.09. The highest BCUT2D eigenvalue weighted by Gasteiger charge is 2.53. The van der Waals surface area contributed by atoms with Crippen LogP contribution in [0.15, 0.2) is 29.2 Å². The van der Waals surface area contributed by atoms with Gasteiger partial charge in [-0.3, -0.25) is 19.2 Å². The summed E-state index contributed by atoms with van der Waals surface area (Å²) in [7, 11) is 0. The Labute approximate surface area is 248 Å². The van der Waals surface area contributed by atoms with Crippen LogP contribution in [0.1, 0.15) is 57.3 Å². The molecule has 1 aromatic carbocycles. The fourth-order valence-electron chi connectivity index (χ4n) is 4.47. The third-order valence-electron chi connectivity index (χ3n) is 6.08. The fraction of sp³-hybridized carbons (Fsp3) is 0.517.